The number of likely N-dealkylation sites (N-methyl/N-ethyl adjacent to an activating group) is 1. The maximum Gasteiger partial charge on any atom is 0.287 e. The van der Waals surface area contributed by atoms with Crippen LogP contribution in [-0.2, 0) is 4.74 Å². The summed E-state index contributed by atoms with van der Waals surface area (Å²) in [7, 11) is 3.21. The second-order valence-corrected chi connectivity index (χ2v) is 4.06. The van der Waals surface area contributed by atoms with E-state index in [1.807, 2.05) is 0 Å². The third kappa shape index (κ3) is 3.91. The Morgan fingerprint density at radius 3 is 2.84 bits per heavy atom. The number of benzene rings is 1. The van der Waals surface area contributed by atoms with Gasteiger partial charge in [-0.15, -0.1) is 0 Å². The Morgan fingerprint density at radius 2 is 2.32 bits per heavy atom. The van der Waals surface area contributed by atoms with Gasteiger partial charge in [0, 0.05) is 32.5 Å². The Kier molecular flexibility index (Phi) is 5.23. The molecule has 1 unspecified atom stereocenters. The maximum absolute atomic E-state index is 10.7. The monoisotopic (exact) mass is 265 g/mol. The van der Waals surface area contributed by atoms with Gasteiger partial charge in [-0.05, 0) is 12.1 Å². The first-order valence-corrected chi connectivity index (χ1v) is 5.56. The fourth-order valence-corrected chi connectivity index (χ4v) is 1.68. The second-order valence-electron chi connectivity index (χ2n) is 4.06. The molecule has 1 aromatic rings. The fraction of sp³-hybridized carbons (Fsp3) is 0.417. The predicted octanol–water partition coefficient (Wildman–Crippen LogP) is 0.910. The number of methoxy groups -OCH3 is 1. The number of ether oxygens (including phenoxy) is 1. The molecule has 0 saturated carbocycles. The van der Waals surface area contributed by atoms with Crippen molar-refractivity contribution >= 4 is 11.4 Å². The highest BCUT2D eigenvalue weighted by atomic mass is 16.6. The quantitative estimate of drug-likeness (QED) is 0.606. The van der Waals surface area contributed by atoms with E-state index >= 15 is 0 Å². The Balaban J connectivity index is 2.90. The lowest BCUT2D eigenvalue weighted by Gasteiger charge is -2.22. The average Bonchev–Trinajstić information content (AvgIpc) is 2.37. The van der Waals surface area contributed by atoms with E-state index in [-0.39, 0.29) is 17.9 Å². The molecule has 0 saturated heterocycles. The molecule has 0 fully saturated rings. The smallest absolute Gasteiger partial charge is 0.287 e. The van der Waals surface area contributed by atoms with Crippen LogP contribution in [0.1, 0.15) is 5.56 Å². The van der Waals surface area contributed by atoms with Crippen molar-refractivity contribution in [2.45, 2.75) is 6.10 Å². The highest BCUT2D eigenvalue weighted by Crippen LogP contribution is 2.23. The number of rotatable bonds is 6. The Labute approximate surface area is 110 Å². The van der Waals surface area contributed by atoms with Crippen LogP contribution in [0.4, 0.5) is 11.4 Å². The Hall–Kier alpha value is -2.17. The molecule has 1 rings (SSSR count). The van der Waals surface area contributed by atoms with E-state index in [1.54, 1.807) is 24.1 Å². The molecule has 19 heavy (non-hydrogen) atoms. The molecule has 7 heteroatoms. The van der Waals surface area contributed by atoms with Gasteiger partial charge in [0.2, 0.25) is 0 Å². The van der Waals surface area contributed by atoms with Gasteiger partial charge in [0.25, 0.3) is 5.69 Å². The lowest BCUT2D eigenvalue weighted by atomic mass is 10.1. The van der Waals surface area contributed by atoms with Gasteiger partial charge < -0.3 is 14.7 Å². The van der Waals surface area contributed by atoms with Crippen molar-refractivity contribution in [3.8, 4) is 6.07 Å². The fourth-order valence-electron chi connectivity index (χ4n) is 1.68. The van der Waals surface area contributed by atoms with Crippen molar-refractivity contribution < 1.29 is 14.8 Å². The number of nitro groups is 1. The normalized spacial score (nSPS) is 11.7. The van der Waals surface area contributed by atoms with Gasteiger partial charge in [-0.3, -0.25) is 10.1 Å². The number of aliphatic hydroxyl groups is 1. The molecule has 102 valence electrons. The molecule has 7 nitrogen and oxygen atoms in total. The number of hydrogen-bond acceptors (Lipinski definition) is 6. The largest absolute Gasteiger partial charge is 0.389 e. The summed E-state index contributed by atoms with van der Waals surface area (Å²) in [6, 6.07) is 6.05. The van der Waals surface area contributed by atoms with Gasteiger partial charge in [-0.1, -0.05) is 0 Å². The van der Waals surface area contributed by atoms with Crippen molar-refractivity contribution in [1.82, 2.24) is 0 Å². The standard InChI is InChI=1S/C12H15N3O4/c1-14(7-11(16)8-19-2)10-3-4-12(15(17)18)9(5-10)6-13/h3-5,11,16H,7-8H2,1-2H3. The molecule has 0 aliphatic rings. The highest BCUT2D eigenvalue weighted by molar-refractivity contribution is 5.59. The van der Waals surface area contributed by atoms with Crippen LogP contribution in [0.3, 0.4) is 0 Å². The molecule has 0 amide bonds. The lowest BCUT2D eigenvalue weighted by Crippen LogP contribution is -2.31. The molecule has 0 aliphatic heterocycles. The summed E-state index contributed by atoms with van der Waals surface area (Å²) in [4.78, 5) is 11.8. The molecular weight excluding hydrogens is 250 g/mol. The van der Waals surface area contributed by atoms with E-state index in [4.69, 9.17) is 10.00 Å². The van der Waals surface area contributed by atoms with Crippen LogP contribution >= 0.6 is 0 Å². The predicted molar refractivity (Wildman–Crippen MR) is 69.0 cm³/mol. The van der Waals surface area contributed by atoms with Crippen LogP contribution < -0.4 is 4.90 Å². The molecule has 0 heterocycles. The van der Waals surface area contributed by atoms with Crippen molar-refractivity contribution in [3.05, 3.63) is 33.9 Å². The van der Waals surface area contributed by atoms with Crippen LogP contribution in [0, 0.1) is 21.4 Å². The van der Waals surface area contributed by atoms with Crippen LogP contribution in [0.5, 0.6) is 0 Å². The molecule has 0 spiro atoms. The second kappa shape index (κ2) is 6.68. The first kappa shape index (κ1) is 14.9. The minimum Gasteiger partial charge on any atom is -0.389 e. The van der Waals surface area contributed by atoms with Gasteiger partial charge in [0.15, 0.2) is 0 Å². The minimum absolute atomic E-state index is 0.00409. The molecule has 1 N–H and O–H groups in total. The zero-order chi connectivity index (χ0) is 14.4. The van der Waals surface area contributed by atoms with Crippen molar-refractivity contribution in [2.24, 2.45) is 0 Å². The summed E-state index contributed by atoms with van der Waals surface area (Å²) in [6.45, 7) is 0.499. The van der Waals surface area contributed by atoms with Gasteiger partial charge in [-0.2, -0.15) is 5.26 Å². The zero-order valence-corrected chi connectivity index (χ0v) is 10.7. The van der Waals surface area contributed by atoms with Crippen molar-refractivity contribution in [1.29, 1.82) is 5.26 Å². The van der Waals surface area contributed by atoms with Gasteiger partial charge in [0.1, 0.15) is 11.6 Å². The van der Waals surface area contributed by atoms with E-state index < -0.39 is 11.0 Å². The van der Waals surface area contributed by atoms with E-state index in [0.717, 1.165) is 0 Å². The molecule has 0 bridgehead atoms. The summed E-state index contributed by atoms with van der Waals surface area (Å²) in [6.07, 6.45) is -0.671. The number of nitrogens with zero attached hydrogens (tertiary/aromatic N) is 3. The molecular formula is C12H15N3O4. The van der Waals surface area contributed by atoms with Crippen molar-refractivity contribution in [3.63, 3.8) is 0 Å². The summed E-state index contributed by atoms with van der Waals surface area (Å²) >= 11 is 0. The highest BCUT2D eigenvalue weighted by Gasteiger charge is 2.16. The number of hydrogen-bond donors (Lipinski definition) is 1. The molecule has 0 radical (unpaired) electrons. The van der Waals surface area contributed by atoms with Gasteiger partial charge >= 0.3 is 0 Å². The van der Waals surface area contributed by atoms with Crippen LogP contribution in [0.25, 0.3) is 0 Å². The number of anilines is 1. The van der Waals surface area contributed by atoms with E-state index in [0.29, 0.717) is 12.2 Å². The maximum atomic E-state index is 10.7. The minimum atomic E-state index is -0.671. The summed E-state index contributed by atoms with van der Waals surface area (Å²) in [5.74, 6) is 0. The number of nitriles is 1. The molecule has 1 atom stereocenters. The van der Waals surface area contributed by atoms with Crippen molar-refractivity contribution in [2.75, 3.05) is 32.2 Å². The van der Waals surface area contributed by atoms with Crippen LogP contribution in [0.2, 0.25) is 0 Å². The first-order chi connectivity index (χ1) is 8.99. The molecule has 0 aliphatic carbocycles. The SMILES string of the molecule is COCC(O)CN(C)c1ccc([N+](=O)[O-])c(C#N)c1. The van der Waals surface area contributed by atoms with E-state index in [9.17, 15) is 15.2 Å². The summed E-state index contributed by atoms with van der Waals surface area (Å²) < 4.78 is 4.82. The van der Waals surface area contributed by atoms with Gasteiger partial charge in [-0.25, -0.2) is 0 Å². The molecule has 1 aromatic carbocycles. The zero-order valence-electron chi connectivity index (χ0n) is 10.7. The summed E-state index contributed by atoms with van der Waals surface area (Å²) in [5, 5.41) is 29.2. The average molecular weight is 265 g/mol. The van der Waals surface area contributed by atoms with Gasteiger partial charge in [0.05, 0.1) is 17.6 Å². The Morgan fingerprint density at radius 1 is 1.63 bits per heavy atom. The number of aliphatic hydroxyl groups excluding tert-OH is 1. The summed E-state index contributed by atoms with van der Waals surface area (Å²) in [5.41, 5.74) is 0.393. The first-order valence-electron chi connectivity index (χ1n) is 5.56. The van der Waals surface area contributed by atoms with E-state index in [1.165, 1.54) is 19.2 Å². The lowest BCUT2D eigenvalue weighted by molar-refractivity contribution is -0.385. The van der Waals surface area contributed by atoms with Crippen LogP contribution in [0.15, 0.2) is 18.2 Å². The van der Waals surface area contributed by atoms with E-state index in [2.05, 4.69) is 0 Å². The topological polar surface area (TPSA) is 99.6 Å². The third-order valence-corrected chi connectivity index (χ3v) is 2.58. The third-order valence-electron chi connectivity index (χ3n) is 2.58. The number of nitro benzene ring substituents is 1. The van der Waals surface area contributed by atoms with Crippen LogP contribution in [-0.4, -0.2) is 43.4 Å². The Bertz CT molecular complexity index is 498. The molecule has 0 aromatic heterocycles.